The number of halogens is 1. The second-order valence-electron chi connectivity index (χ2n) is 4.42. The molecule has 0 saturated carbocycles. The molecule has 0 aromatic heterocycles. The molecule has 0 radical (unpaired) electrons. The molecule has 0 bridgehead atoms. The van der Waals surface area contributed by atoms with E-state index in [0.717, 1.165) is 11.3 Å². The largest absolute Gasteiger partial charge is 0.508 e. The summed E-state index contributed by atoms with van der Waals surface area (Å²) in [6, 6.07) is 13.8. The fourth-order valence-electron chi connectivity index (χ4n) is 1.81. The molecular weight excluding hydrogens is 337 g/mol. The number of nitrogens with one attached hydrogen (secondary N) is 1. The summed E-state index contributed by atoms with van der Waals surface area (Å²) < 4.78 is 1.25. The summed E-state index contributed by atoms with van der Waals surface area (Å²) in [6.07, 6.45) is 0. The van der Waals surface area contributed by atoms with Gasteiger partial charge in [-0.3, -0.25) is 0 Å². The molecule has 0 aliphatic rings. The molecule has 0 aliphatic heterocycles. The van der Waals surface area contributed by atoms with Crippen molar-refractivity contribution in [1.29, 1.82) is 0 Å². The molecule has 18 heavy (non-hydrogen) atoms. The van der Waals surface area contributed by atoms with Gasteiger partial charge in [0.15, 0.2) is 0 Å². The monoisotopic (exact) mass is 353 g/mol. The van der Waals surface area contributed by atoms with Crippen molar-refractivity contribution in [2.75, 3.05) is 5.32 Å². The van der Waals surface area contributed by atoms with Crippen LogP contribution in [0.1, 0.15) is 24.1 Å². The van der Waals surface area contributed by atoms with Crippen LogP contribution in [0.5, 0.6) is 5.75 Å². The lowest BCUT2D eigenvalue weighted by Crippen LogP contribution is -2.06. The second-order valence-corrected chi connectivity index (χ2v) is 5.59. The Balaban J connectivity index is 2.16. The Morgan fingerprint density at radius 2 is 1.94 bits per heavy atom. The number of aromatic hydroxyl groups is 1. The average Bonchev–Trinajstić information content (AvgIpc) is 2.34. The minimum absolute atomic E-state index is 0.163. The third-order valence-electron chi connectivity index (χ3n) is 2.93. The molecule has 0 spiro atoms. The Bertz CT molecular complexity index is 554. The van der Waals surface area contributed by atoms with Crippen LogP contribution >= 0.6 is 22.6 Å². The lowest BCUT2D eigenvalue weighted by atomic mass is 10.1. The highest BCUT2D eigenvalue weighted by molar-refractivity contribution is 14.1. The maximum Gasteiger partial charge on any atom is 0.115 e. The summed E-state index contributed by atoms with van der Waals surface area (Å²) in [4.78, 5) is 0. The molecule has 2 rings (SSSR count). The highest BCUT2D eigenvalue weighted by Crippen LogP contribution is 2.24. The molecule has 0 saturated heterocycles. The van der Waals surface area contributed by atoms with Crippen molar-refractivity contribution in [2.45, 2.75) is 19.9 Å². The highest BCUT2D eigenvalue weighted by atomic mass is 127. The van der Waals surface area contributed by atoms with Gasteiger partial charge in [-0.2, -0.15) is 0 Å². The number of benzene rings is 2. The van der Waals surface area contributed by atoms with Crippen LogP contribution in [0.25, 0.3) is 0 Å². The smallest absolute Gasteiger partial charge is 0.115 e. The topological polar surface area (TPSA) is 32.3 Å². The molecule has 2 nitrogen and oxygen atoms in total. The molecule has 0 amide bonds. The molecule has 0 heterocycles. The molecule has 1 unspecified atom stereocenters. The highest BCUT2D eigenvalue weighted by Gasteiger charge is 2.06. The first-order valence-corrected chi connectivity index (χ1v) is 6.96. The molecule has 1 atom stereocenters. The van der Waals surface area contributed by atoms with Gasteiger partial charge in [-0.05, 0) is 71.8 Å². The summed E-state index contributed by atoms with van der Waals surface area (Å²) in [5, 5.41) is 12.9. The van der Waals surface area contributed by atoms with Crippen LogP contribution in [-0.4, -0.2) is 5.11 Å². The van der Waals surface area contributed by atoms with Crippen LogP contribution in [0, 0.1) is 10.5 Å². The van der Waals surface area contributed by atoms with Crippen molar-refractivity contribution in [1.82, 2.24) is 0 Å². The molecule has 3 heteroatoms. The summed E-state index contributed by atoms with van der Waals surface area (Å²) in [5.41, 5.74) is 3.46. The first kappa shape index (κ1) is 13.2. The number of aryl methyl sites for hydroxylation is 1. The zero-order valence-corrected chi connectivity index (χ0v) is 12.6. The van der Waals surface area contributed by atoms with Crippen LogP contribution < -0.4 is 5.32 Å². The third kappa shape index (κ3) is 3.16. The van der Waals surface area contributed by atoms with Crippen molar-refractivity contribution >= 4 is 28.3 Å². The fraction of sp³-hybridized carbons (Fsp3) is 0.200. The lowest BCUT2D eigenvalue weighted by molar-refractivity contribution is 0.474. The van der Waals surface area contributed by atoms with E-state index in [9.17, 15) is 5.11 Å². The normalized spacial score (nSPS) is 12.2. The van der Waals surface area contributed by atoms with Crippen molar-refractivity contribution in [2.24, 2.45) is 0 Å². The maximum atomic E-state index is 9.48. The molecule has 0 aliphatic carbocycles. The summed E-state index contributed by atoms with van der Waals surface area (Å²) >= 11 is 2.34. The van der Waals surface area contributed by atoms with Crippen molar-refractivity contribution in [3.8, 4) is 5.75 Å². The number of anilines is 1. The minimum atomic E-state index is 0.163. The van der Waals surface area contributed by atoms with Gasteiger partial charge in [0.05, 0.1) is 0 Å². The number of phenols is 1. The van der Waals surface area contributed by atoms with Gasteiger partial charge >= 0.3 is 0 Å². The average molecular weight is 353 g/mol. The first-order valence-electron chi connectivity index (χ1n) is 5.88. The molecule has 2 N–H and O–H groups in total. The van der Waals surface area contributed by atoms with Crippen molar-refractivity contribution in [3.05, 3.63) is 57.2 Å². The zero-order chi connectivity index (χ0) is 13.1. The Kier molecular flexibility index (Phi) is 4.11. The minimum Gasteiger partial charge on any atom is -0.508 e. The molecular formula is C15H16INO. The van der Waals surface area contributed by atoms with Crippen molar-refractivity contribution < 1.29 is 5.11 Å². The van der Waals surface area contributed by atoms with Gasteiger partial charge in [-0.25, -0.2) is 0 Å². The number of hydrogen-bond donors (Lipinski definition) is 2. The van der Waals surface area contributed by atoms with Crippen LogP contribution in [0.15, 0.2) is 42.5 Å². The van der Waals surface area contributed by atoms with E-state index in [1.165, 1.54) is 9.13 Å². The van der Waals surface area contributed by atoms with E-state index in [1.54, 1.807) is 12.1 Å². The summed E-state index contributed by atoms with van der Waals surface area (Å²) in [6.45, 7) is 4.19. The Morgan fingerprint density at radius 3 is 2.61 bits per heavy atom. The van der Waals surface area contributed by atoms with Gasteiger partial charge in [0.2, 0.25) is 0 Å². The van der Waals surface area contributed by atoms with Crippen molar-refractivity contribution in [3.63, 3.8) is 0 Å². The second kappa shape index (κ2) is 5.61. The summed E-state index contributed by atoms with van der Waals surface area (Å²) in [5.74, 6) is 0.305. The van der Waals surface area contributed by atoms with Gasteiger partial charge in [0, 0.05) is 15.3 Å². The van der Waals surface area contributed by atoms with Gasteiger partial charge in [0.25, 0.3) is 0 Å². The van der Waals surface area contributed by atoms with E-state index in [4.69, 9.17) is 0 Å². The van der Waals surface area contributed by atoms with Crippen LogP contribution in [0.4, 0.5) is 5.69 Å². The molecule has 0 fully saturated rings. The van der Waals surface area contributed by atoms with E-state index in [0.29, 0.717) is 5.75 Å². The summed E-state index contributed by atoms with van der Waals surface area (Å²) in [7, 11) is 0. The zero-order valence-electron chi connectivity index (χ0n) is 10.4. The standard InChI is InChI=1S/C15H16INO/c1-10-6-7-13(9-15(10)16)17-11(2)12-4-3-5-14(18)8-12/h3-9,11,17-18H,1-2H3. The van der Waals surface area contributed by atoms with E-state index < -0.39 is 0 Å². The lowest BCUT2D eigenvalue weighted by Gasteiger charge is -2.16. The van der Waals surface area contributed by atoms with E-state index in [1.807, 2.05) is 12.1 Å². The third-order valence-corrected chi connectivity index (χ3v) is 4.09. The van der Waals surface area contributed by atoms with Gasteiger partial charge < -0.3 is 10.4 Å². The van der Waals surface area contributed by atoms with Crippen LogP contribution in [-0.2, 0) is 0 Å². The molecule has 2 aromatic carbocycles. The van der Waals surface area contributed by atoms with Crippen LogP contribution in [0.3, 0.4) is 0 Å². The molecule has 94 valence electrons. The Labute approximate surface area is 121 Å². The Morgan fingerprint density at radius 1 is 1.17 bits per heavy atom. The van der Waals surface area contributed by atoms with Gasteiger partial charge in [-0.15, -0.1) is 0 Å². The number of hydrogen-bond acceptors (Lipinski definition) is 2. The van der Waals surface area contributed by atoms with Gasteiger partial charge in [0.1, 0.15) is 5.75 Å². The Hall–Kier alpha value is -1.23. The predicted octanol–water partition coefficient (Wildman–Crippen LogP) is 4.48. The van der Waals surface area contributed by atoms with E-state index in [-0.39, 0.29) is 6.04 Å². The van der Waals surface area contributed by atoms with E-state index in [2.05, 4.69) is 60.0 Å². The first-order chi connectivity index (χ1) is 8.56. The SMILES string of the molecule is Cc1ccc(NC(C)c2cccc(O)c2)cc1I. The fourth-order valence-corrected chi connectivity index (χ4v) is 2.33. The predicted molar refractivity (Wildman–Crippen MR) is 84.0 cm³/mol. The van der Waals surface area contributed by atoms with E-state index >= 15 is 0 Å². The molecule has 2 aromatic rings. The van der Waals surface area contributed by atoms with Crippen LogP contribution in [0.2, 0.25) is 0 Å². The van der Waals surface area contributed by atoms with Gasteiger partial charge in [-0.1, -0.05) is 18.2 Å². The number of rotatable bonds is 3. The maximum absolute atomic E-state index is 9.48. The number of phenolic OH excluding ortho intramolecular Hbond substituents is 1. The quantitative estimate of drug-likeness (QED) is 0.798.